The Labute approximate surface area is 103 Å². The number of imidazole rings is 1. The molecule has 2 aromatic heterocycles. The Hall–Kier alpha value is -1.62. The molecule has 6 heteroatoms. The molecule has 0 unspecified atom stereocenters. The lowest BCUT2D eigenvalue weighted by atomic mass is 10.2. The van der Waals surface area contributed by atoms with Gasteiger partial charge in [0.2, 0.25) is 0 Å². The topological polar surface area (TPSA) is 56.5 Å². The second-order valence-electron chi connectivity index (χ2n) is 4.59. The number of hydrogen-bond acceptors (Lipinski definition) is 4. The van der Waals surface area contributed by atoms with Crippen molar-refractivity contribution in [2.24, 2.45) is 0 Å². The van der Waals surface area contributed by atoms with Gasteiger partial charge in [-0.3, -0.25) is 9.38 Å². The molecule has 0 spiro atoms. The molecule has 0 N–H and O–H groups in total. The van der Waals surface area contributed by atoms with Crippen LogP contribution in [0.2, 0.25) is 5.15 Å². The van der Waals surface area contributed by atoms with Gasteiger partial charge in [0.05, 0.1) is 12.4 Å². The molecular weight excluding hydrogens is 242 g/mol. The Morgan fingerprint density at radius 2 is 2.12 bits per heavy atom. The van der Waals surface area contributed by atoms with E-state index in [1.54, 1.807) is 25.2 Å². The van der Waals surface area contributed by atoms with Crippen LogP contribution in [0.15, 0.2) is 18.6 Å². The average Bonchev–Trinajstić information content (AvgIpc) is 2.60. The molecule has 0 aliphatic carbocycles. The largest absolute Gasteiger partial charge is 0.455 e. The van der Waals surface area contributed by atoms with Crippen LogP contribution in [0, 0.1) is 0 Å². The predicted octanol–water partition coefficient (Wildman–Crippen LogP) is 2.34. The first kappa shape index (κ1) is 11.9. The Kier molecular flexibility index (Phi) is 2.79. The van der Waals surface area contributed by atoms with E-state index in [1.165, 1.54) is 18.6 Å². The molecule has 2 aromatic rings. The molecule has 17 heavy (non-hydrogen) atoms. The number of aromatic nitrogens is 3. The van der Waals surface area contributed by atoms with Crippen LogP contribution in [0.3, 0.4) is 0 Å². The third-order valence-electron chi connectivity index (χ3n) is 1.94. The first-order chi connectivity index (χ1) is 7.87. The maximum atomic E-state index is 11.8. The smallest absolute Gasteiger partial charge is 0.359 e. The first-order valence-electron chi connectivity index (χ1n) is 5.09. The van der Waals surface area contributed by atoms with Gasteiger partial charge in [0.1, 0.15) is 10.8 Å². The van der Waals surface area contributed by atoms with E-state index in [9.17, 15) is 4.79 Å². The molecule has 0 saturated carbocycles. The summed E-state index contributed by atoms with van der Waals surface area (Å²) >= 11 is 5.92. The maximum Gasteiger partial charge on any atom is 0.359 e. The minimum absolute atomic E-state index is 0.217. The van der Waals surface area contributed by atoms with Crippen molar-refractivity contribution in [1.29, 1.82) is 0 Å². The number of nitrogens with zero attached hydrogens (tertiary/aromatic N) is 3. The zero-order valence-electron chi connectivity index (χ0n) is 9.77. The SMILES string of the molecule is CC(C)(C)OC(=O)c1cn2c(Cl)cncc2n1. The lowest BCUT2D eigenvalue weighted by molar-refractivity contribution is 0.00636. The summed E-state index contributed by atoms with van der Waals surface area (Å²) in [5.41, 5.74) is 0.183. The summed E-state index contributed by atoms with van der Waals surface area (Å²) in [5, 5.41) is 0.393. The van der Waals surface area contributed by atoms with Crippen LogP contribution >= 0.6 is 11.6 Å². The van der Waals surface area contributed by atoms with Crippen LogP contribution in [0.1, 0.15) is 31.3 Å². The van der Waals surface area contributed by atoms with Gasteiger partial charge in [-0.05, 0) is 20.8 Å². The lowest BCUT2D eigenvalue weighted by Gasteiger charge is -2.18. The number of halogens is 1. The van der Waals surface area contributed by atoms with E-state index in [0.29, 0.717) is 10.8 Å². The number of rotatable bonds is 1. The Balaban J connectivity index is 2.37. The highest BCUT2D eigenvalue weighted by molar-refractivity contribution is 6.29. The van der Waals surface area contributed by atoms with Gasteiger partial charge in [0.25, 0.3) is 0 Å². The van der Waals surface area contributed by atoms with Crippen LogP contribution < -0.4 is 0 Å². The van der Waals surface area contributed by atoms with Gasteiger partial charge in [-0.2, -0.15) is 0 Å². The molecule has 2 heterocycles. The van der Waals surface area contributed by atoms with E-state index >= 15 is 0 Å². The highest BCUT2D eigenvalue weighted by Crippen LogP contribution is 2.15. The number of carbonyl (C=O) groups is 1. The molecule has 0 saturated heterocycles. The quantitative estimate of drug-likeness (QED) is 0.732. The minimum atomic E-state index is -0.547. The van der Waals surface area contributed by atoms with Gasteiger partial charge in [-0.15, -0.1) is 0 Å². The lowest BCUT2D eigenvalue weighted by Crippen LogP contribution is -2.24. The van der Waals surface area contributed by atoms with Crippen molar-refractivity contribution >= 4 is 23.2 Å². The van der Waals surface area contributed by atoms with E-state index in [2.05, 4.69) is 9.97 Å². The van der Waals surface area contributed by atoms with E-state index in [0.717, 1.165) is 0 Å². The van der Waals surface area contributed by atoms with Crippen molar-refractivity contribution in [2.45, 2.75) is 26.4 Å². The van der Waals surface area contributed by atoms with Gasteiger partial charge < -0.3 is 4.74 Å². The van der Waals surface area contributed by atoms with Crippen molar-refractivity contribution in [1.82, 2.24) is 14.4 Å². The molecule has 0 aliphatic rings. The van der Waals surface area contributed by atoms with Crippen LogP contribution in [0.4, 0.5) is 0 Å². The Morgan fingerprint density at radius 1 is 1.41 bits per heavy atom. The molecule has 0 bridgehead atoms. The summed E-state index contributed by atoms with van der Waals surface area (Å²) in [5.74, 6) is -0.475. The zero-order chi connectivity index (χ0) is 12.6. The molecule has 0 radical (unpaired) electrons. The van der Waals surface area contributed by atoms with Gasteiger partial charge >= 0.3 is 5.97 Å². The van der Waals surface area contributed by atoms with Gasteiger partial charge in [-0.1, -0.05) is 11.6 Å². The first-order valence-corrected chi connectivity index (χ1v) is 5.46. The molecule has 2 rings (SSSR count). The number of esters is 1. The van der Waals surface area contributed by atoms with E-state index in [1.807, 2.05) is 0 Å². The van der Waals surface area contributed by atoms with E-state index in [-0.39, 0.29) is 5.69 Å². The van der Waals surface area contributed by atoms with Gasteiger partial charge in [-0.25, -0.2) is 9.78 Å². The fourth-order valence-electron chi connectivity index (χ4n) is 1.31. The average molecular weight is 254 g/mol. The van der Waals surface area contributed by atoms with Crippen molar-refractivity contribution < 1.29 is 9.53 Å². The molecule has 5 nitrogen and oxygen atoms in total. The highest BCUT2D eigenvalue weighted by atomic mass is 35.5. The van der Waals surface area contributed by atoms with Crippen LogP contribution in [-0.4, -0.2) is 25.9 Å². The molecule has 0 amide bonds. The van der Waals surface area contributed by atoms with E-state index < -0.39 is 11.6 Å². The standard InChI is InChI=1S/C11H12ClN3O2/c1-11(2,3)17-10(16)7-6-15-8(12)4-13-5-9(15)14-7/h4-6H,1-3H3. The molecular formula is C11H12ClN3O2. The van der Waals surface area contributed by atoms with Crippen molar-refractivity contribution in [3.05, 3.63) is 29.4 Å². The summed E-state index contributed by atoms with van der Waals surface area (Å²) in [6.07, 6.45) is 4.54. The predicted molar refractivity (Wildman–Crippen MR) is 63.2 cm³/mol. The fraction of sp³-hybridized carbons (Fsp3) is 0.364. The number of ether oxygens (including phenoxy) is 1. The summed E-state index contributed by atoms with van der Waals surface area (Å²) in [6.45, 7) is 5.40. The third-order valence-corrected chi connectivity index (χ3v) is 2.22. The van der Waals surface area contributed by atoms with Crippen LogP contribution in [0.25, 0.3) is 5.65 Å². The van der Waals surface area contributed by atoms with Crippen molar-refractivity contribution in [3.8, 4) is 0 Å². The fourth-order valence-corrected chi connectivity index (χ4v) is 1.50. The normalized spacial score (nSPS) is 11.8. The molecule has 90 valence electrons. The number of hydrogen-bond donors (Lipinski definition) is 0. The van der Waals surface area contributed by atoms with Crippen LogP contribution in [0.5, 0.6) is 0 Å². The summed E-state index contributed by atoms with van der Waals surface area (Å²) in [6, 6.07) is 0. The van der Waals surface area contributed by atoms with Gasteiger partial charge in [0, 0.05) is 6.20 Å². The number of carbonyl (C=O) groups excluding carboxylic acids is 1. The minimum Gasteiger partial charge on any atom is -0.455 e. The maximum absolute atomic E-state index is 11.8. The van der Waals surface area contributed by atoms with E-state index in [4.69, 9.17) is 16.3 Å². The Morgan fingerprint density at radius 3 is 2.71 bits per heavy atom. The number of fused-ring (bicyclic) bond motifs is 1. The summed E-state index contributed by atoms with van der Waals surface area (Å²) in [7, 11) is 0. The third kappa shape index (κ3) is 2.55. The van der Waals surface area contributed by atoms with Crippen molar-refractivity contribution in [2.75, 3.05) is 0 Å². The van der Waals surface area contributed by atoms with Gasteiger partial charge in [0.15, 0.2) is 11.3 Å². The highest BCUT2D eigenvalue weighted by Gasteiger charge is 2.20. The second kappa shape index (κ2) is 4.00. The van der Waals surface area contributed by atoms with Crippen LogP contribution in [-0.2, 0) is 4.74 Å². The second-order valence-corrected chi connectivity index (χ2v) is 4.97. The molecule has 0 aliphatic heterocycles. The monoisotopic (exact) mass is 253 g/mol. The molecule has 0 aromatic carbocycles. The summed E-state index contributed by atoms with van der Waals surface area (Å²) in [4.78, 5) is 19.8. The Bertz CT molecular complexity index is 572. The zero-order valence-corrected chi connectivity index (χ0v) is 10.5. The summed E-state index contributed by atoms with van der Waals surface area (Å²) < 4.78 is 6.79. The van der Waals surface area contributed by atoms with Crippen molar-refractivity contribution in [3.63, 3.8) is 0 Å². The molecule has 0 atom stereocenters. The molecule has 0 fully saturated rings.